The number of carbonyl (C=O) groups is 3. The molecule has 1 aromatic carbocycles. The van der Waals surface area contributed by atoms with Gasteiger partial charge >= 0.3 is 5.97 Å². The van der Waals surface area contributed by atoms with Crippen LogP contribution < -0.4 is 10.1 Å². The van der Waals surface area contributed by atoms with Crippen molar-refractivity contribution >= 4 is 46.1 Å². The summed E-state index contributed by atoms with van der Waals surface area (Å²) >= 11 is 6.32. The monoisotopic (exact) mass is 414 g/mol. The van der Waals surface area contributed by atoms with Crippen LogP contribution in [-0.4, -0.2) is 58.1 Å². The first-order chi connectivity index (χ1) is 12.7. The maximum atomic E-state index is 12.9. The number of amides is 2. The van der Waals surface area contributed by atoms with Crippen molar-refractivity contribution in [3.8, 4) is 5.75 Å². The fourth-order valence-electron chi connectivity index (χ4n) is 2.10. The van der Waals surface area contributed by atoms with E-state index < -0.39 is 29.9 Å². The second kappa shape index (κ2) is 9.14. The van der Waals surface area contributed by atoms with Crippen molar-refractivity contribution in [3.63, 3.8) is 0 Å². The van der Waals surface area contributed by atoms with Gasteiger partial charge in [-0.05, 0) is 38.1 Å². The summed E-state index contributed by atoms with van der Waals surface area (Å²) in [5.74, 6) is -1.15. The zero-order valence-electron chi connectivity index (χ0n) is 14.8. The number of rotatable bonds is 8. The van der Waals surface area contributed by atoms with E-state index in [1.807, 2.05) is 0 Å². The predicted octanol–water partition coefficient (Wildman–Crippen LogP) is 1.50. The van der Waals surface area contributed by atoms with Crippen LogP contribution in [0.5, 0.6) is 5.75 Å². The van der Waals surface area contributed by atoms with Crippen molar-refractivity contribution in [2.45, 2.75) is 19.4 Å². The Morgan fingerprint density at radius 3 is 2.59 bits per heavy atom. The molecule has 1 aromatic rings. The molecule has 0 atom stereocenters. The van der Waals surface area contributed by atoms with Crippen LogP contribution in [0.1, 0.15) is 13.8 Å². The molecule has 0 radical (unpaired) electrons. The molecule has 0 aromatic heterocycles. The lowest BCUT2D eigenvalue weighted by Gasteiger charge is -2.24. The highest BCUT2D eigenvalue weighted by atomic mass is 32.2. The Morgan fingerprint density at radius 1 is 1.33 bits per heavy atom. The van der Waals surface area contributed by atoms with Gasteiger partial charge in [0.1, 0.15) is 15.9 Å². The fraction of sp³-hybridized carbons (Fsp3) is 0.412. The van der Waals surface area contributed by atoms with Crippen molar-refractivity contribution in [3.05, 3.63) is 30.1 Å². The number of hydrogen-bond acceptors (Lipinski definition) is 7. The molecular weight excluding hydrogens is 395 g/mol. The van der Waals surface area contributed by atoms with Crippen LogP contribution >= 0.6 is 24.0 Å². The van der Waals surface area contributed by atoms with Gasteiger partial charge in [0.05, 0.1) is 5.75 Å². The molecule has 1 aliphatic heterocycles. The normalized spacial score (nSPS) is 14.3. The number of carbonyl (C=O) groups excluding carboxylic acids is 3. The highest BCUT2D eigenvalue weighted by molar-refractivity contribution is 8.23. The first-order valence-corrected chi connectivity index (χ1v) is 9.44. The van der Waals surface area contributed by atoms with E-state index in [0.717, 1.165) is 0 Å². The van der Waals surface area contributed by atoms with E-state index in [4.69, 9.17) is 21.7 Å². The smallest absolute Gasteiger partial charge is 0.350 e. The summed E-state index contributed by atoms with van der Waals surface area (Å²) in [6.07, 6.45) is 0. The Labute approximate surface area is 165 Å². The first kappa shape index (κ1) is 21.1. The zero-order valence-corrected chi connectivity index (χ0v) is 16.5. The zero-order chi connectivity index (χ0) is 20.0. The maximum Gasteiger partial charge on any atom is 0.350 e. The van der Waals surface area contributed by atoms with E-state index in [1.165, 1.54) is 54.8 Å². The molecule has 1 N–H and O–H groups in total. The van der Waals surface area contributed by atoms with Gasteiger partial charge in [0, 0.05) is 13.1 Å². The standard InChI is InChI=1S/C17H19FN2O5S2/c1-17(2,25-12-5-3-11(18)4-6-12)15(23)24-9-13(21)19-7-8-20-14(22)10-27-16(20)26/h3-6H,7-10H2,1-2H3,(H,19,21). The van der Waals surface area contributed by atoms with Gasteiger partial charge in [-0.15, -0.1) is 0 Å². The van der Waals surface area contributed by atoms with E-state index in [-0.39, 0.29) is 19.0 Å². The van der Waals surface area contributed by atoms with E-state index in [9.17, 15) is 18.8 Å². The van der Waals surface area contributed by atoms with E-state index in [0.29, 0.717) is 15.8 Å². The van der Waals surface area contributed by atoms with Crippen molar-refractivity contribution in [2.75, 3.05) is 25.4 Å². The number of thioether (sulfide) groups is 1. The Bertz CT molecular complexity index is 723. The first-order valence-electron chi connectivity index (χ1n) is 8.04. The summed E-state index contributed by atoms with van der Waals surface area (Å²) < 4.78 is 23.9. The highest BCUT2D eigenvalue weighted by Crippen LogP contribution is 2.20. The molecule has 1 aliphatic rings. The van der Waals surface area contributed by atoms with Crippen LogP contribution in [0.15, 0.2) is 24.3 Å². The SMILES string of the molecule is CC(C)(Oc1ccc(F)cc1)C(=O)OCC(=O)NCCN1C(=O)CSC1=S. The van der Waals surface area contributed by atoms with Gasteiger partial charge in [-0.25, -0.2) is 9.18 Å². The average Bonchev–Trinajstić information content (AvgIpc) is 2.93. The molecule has 0 bridgehead atoms. The molecule has 1 heterocycles. The van der Waals surface area contributed by atoms with Crippen molar-refractivity contribution in [1.29, 1.82) is 0 Å². The van der Waals surface area contributed by atoms with E-state index >= 15 is 0 Å². The lowest BCUT2D eigenvalue weighted by Crippen LogP contribution is -2.42. The summed E-state index contributed by atoms with van der Waals surface area (Å²) in [7, 11) is 0. The summed E-state index contributed by atoms with van der Waals surface area (Å²) in [5, 5.41) is 2.55. The van der Waals surface area contributed by atoms with Gasteiger partial charge in [0.2, 0.25) is 5.91 Å². The molecule has 2 rings (SSSR count). The van der Waals surface area contributed by atoms with Crippen LogP contribution in [0.3, 0.4) is 0 Å². The van der Waals surface area contributed by atoms with Crippen LogP contribution in [0.25, 0.3) is 0 Å². The number of hydrogen-bond donors (Lipinski definition) is 1. The summed E-state index contributed by atoms with van der Waals surface area (Å²) in [4.78, 5) is 36.9. The summed E-state index contributed by atoms with van der Waals surface area (Å²) in [5.41, 5.74) is -1.36. The second-order valence-corrected chi connectivity index (χ2v) is 7.70. The van der Waals surface area contributed by atoms with Crippen molar-refractivity contribution in [2.24, 2.45) is 0 Å². The average molecular weight is 414 g/mol. The molecular formula is C17H19FN2O5S2. The Hall–Kier alpha value is -2.20. The van der Waals surface area contributed by atoms with Crippen LogP contribution in [-0.2, 0) is 19.1 Å². The number of esters is 1. The van der Waals surface area contributed by atoms with Crippen LogP contribution in [0.4, 0.5) is 4.39 Å². The Kier molecular flexibility index (Phi) is 7.14. The minimum absolute atomic E-state index is 0.0923. The highest BCUT2D eigenvalue weighted by Gasteiger charge is 2.32. The molecule has 0 aliphatic carbocycles. The number of thiocarbonyl (C=S) groups is 1. The van der Waals surface area contributed by atoms with Gasteiger partial charge in [-0.2, -0.15) is 0 Å². The molecule has 0 spiro atoms. The third-order valence-corrected chi connectivity index (χ3v) is 4.94. The molecule has 10 heteroatoms. The largest absolute Gasteiger partial charge is 0.476 e. The minimum atomic E-state index is -1.36. The molecule has 2 amide bonds. The third kappa shape index (κ3) is 6.17. The Morgan fingerprint density at radius 2 is 2.00 bits per heavy atom. The third-order valence-electron chi connectivity index (χ3n) is 3.51. The number of benzene rings is 1. The topological polar surface area (TPSA) is 84.9 Å². The van der Waals surface area contributed by atoms with Crippen LogP contribution in [0.2, 0.25) is 0 Å². The molecule has 7 nitrogen and oxygen atoms in total. The minimum Gasteiger partial charge on any atom is -0.476 e. The number of ether oxygens (including phenoxy) is 2. The molecule has 27 heavy (non-hydrogen) atoms. The molecule has 0 unspecified atom stereocenters. The molecule has 146 valence electrons. The number of halogens is 1. The van der Waals surface area contributed by atoms with Gasteiger partial charge in [0.25, 0.3) is 5.91 Å². The predicted molar refractivity (Wildman–Crippen MR) is 102 cm³/mol. The van der Waals surface area contributed by atoms with Gasteiger partial charge < -0.3 is 14.8 Å². The summed E-state index contributed by atoms with van der Waals surface area (Å²) in [6.45, 7) is 2.94. The van der Waals surface area contributed by atoms with Gasteiger partial charge in [-0.3, -0.25) is 14.5 Å². The number of nitrogens with one attached hydrogen (secondary N) is 1. The van der Waals surface area contributed by atoms with E-state index in [2.05, 4.69) is 5.32 Å². The molecule has 0 saturated carbocycles. The lowest BCUT2D eigenvalue weighted by atomic mass is 10.1. The van der Waals surface area contributed by atoms with Crippen molar-refractivity contribution in [1.82, 2.24) is 10.2 Å². The Balaban J connectivity index is 1.73. The summed E-state index contributed by atoms with van der Waals surface area (Å²) in [6, 6.07) is 5.19. The van der Waals surface area contributed by atoms with Gasteiger partial charge in [-0.1, -0.05) is 24.0 Å². The maximum absolute atomic E-state index is 12.9. The quantitative estimate of drug-likeness (QED) is 0.510. The van der Waals surface area contributed by atoms with Gasteiger partial charge in [0.15, 0.2) is 12.2 Å². The van der Waals surface area contributed by atoms with E-state index in [1.54, 1.807) is 0 Å². The van der Waals surface area contributed by atoms with Crippen molar-refractivity contribution < 1.29 is 28.2 Å². The number of nitrogens with zero attached hydrogens (tertiary/aromatic N) is 1. The lowest BCUT2D eigenvalue weighted by molar-refractivity contribution is -0.162. The fourth-order valence-corrected chi connectivity index (χ4v) is 3.22. The molecule has 1 saturated heterocycles. The van der Waals surface area contributed by atoms with Crippen LogP contribution in [0, 0.1) is 5.82 Å². The molecule has 1 fully saturated rings. The second-order valence-electron chi connectivity index (χ2n) is 6.09.